The predicted molar refractivity (Wildman–Crippen MR) is 80.5 cm³/mol. The molecule has 0 amide bonds. The molecular formula is C16H21N3O. The van der Waals surface area contributed by atoms with Crippen molar-refractivity contribution >= 4 is 11.5 Å². The molecule has 2 N–H and O–H groups in total. The average molecular weight is 271 g/mol. The van der Waals surface area contributed by atoms with Gasteiger partial charge in [-0.15, -0.1) is 0 Å². The van der Waals surface area contributed by atoms with Gasteiger partial charge in [0.15, 0.2) is 0 Å². The molecule has 0 bridgehead atoms. The van der Waals surface area contributed by atoms with Gasteiger partial charge in [0.25, 0.3) is 0 Å². The molecule has 4 nitrogen and oxygen atoms in total. The van der Waals surface area contributed by atoms with Crippen LogP contribution < -0.4 is 5.73 Å². The van der Waals surface area contributed by atoms with E-state index in [2.05, 4.69) is 18.9 Å². The minimum Gasteiger partial charge on any atom is -0.399 e. The molecule has 0 aliphatic carbocycles. The van der Waals surface area contributed by atoms with Crippen LogP contribution in [0.5, 0.6) is 0 Å². The number of rotatable bonds is 6. The number of hydrogen-bond donors (Lipinski definition) is 1. The van der Waals surface area contributed by atoms with Crippen molar-refractivity contribution in [2.24, 2.45) is 0 Å². The molecule has 0 atom stereocenters. The number of Topliss-reactive ketones (excluding diaryl/α,β-unsaturated/α-hetero) is 1. The first kappa shape index (κ1) is 14.3. The highest BCUT2D eigenvalue weighted by molar-refractivity contribution is 5.80. The molecule has 20 heavy (non-hydrogen) atoms. The molecular weight excluding hydrogens is 250 g/mol. The Hall–Kier alpha value is -2.10. The fraction of sp³-hybridized carbons (Fsp3) is 0.375. The van der Waals surface area contributed by atoms with E-state index in [9.17, 15) is 4.79 Å². The van der Waals surface area contributed by atoms with Gasteiger partial charge in [-0.1, -0.05) is 12.1 Å². The normalized spacial score (nSPS) is 10.9. The Balaban J connectivity index is 1.84. The highest BCUT2D eigenvalue weighted by atomic mass is 16.1. The number of nitrogens with two attached hydrogens (primary N) is 1. The van der Waals surface area contributed by atoms with E-state index in [1.165, 1.54) is 0 Å². The van der Waals surface area contributed by atoms with Crippen LogP contribution in [0.2, 0.25) is 0 Å². The lowest BCUT2D eigenvalue weighted by molar-refractivity contribution is -0.118. The van der Waals surface area contributed by atoms with Gasteiger partial charge in [-0.25, -0.2) is 0 Å². The molecule has 0 saturated heterocycles. The van der Waals surface area contributed by atoms with Crippen molar-refractivity contribution in [1.82, 2.24) is 9.78 Å². The van der Waals surface area contributed by atoms with Gasteiger partial charge >= 0.3 is 0 Å². The maximum atomic E-state index is 12.0. The summed E-state index contributed by atoms with van der Waals surface area (Å²) in [7, 11) is 0. The minimum absolute atomic E-state index is 0.218. The monoisotopic (exact) mass is 271 g/mol. The number of ketones is 1. The average Bonchev–Trinajstić information content (AvgIpc) is 2.87. The van der Waals surface area contributed by atoms with Crippen LogP contribution in [0.25, 0.3) is 0 Å². The van der Waals surface area contributed by atoms with E-state index in [0.29, 0.717) is 18.9 Å². The number of anilines is 1. The number of carbonyl (C=O) groups excluding carboxylic acids is 1. The zero-order valence-electron chi connectivity index (χ0n) is 12.0. The van der Waals surface area contributed by atoms with E-state index in [-0.39, 0.29) is 5.78 Å². The van der Waals surface area contributed by atoms with Crippen molar-refractivity contribution in [2.45, 2.75) is 39.2 Å². The maximum Gasteiger partial charge on any atom is 0.139 e. The summed E-state index contributed by atoms with van der Waals surface area (Å²) in [5.41, 5.74) is 8.37. The number of nitrogens with zero attached hydrogens (tertiary/aromatic N) is 2. The molecule has 0 aliphatic rings. The second-order valence-corrected chi connectivity index (χ2v) is 5.34. The molecule has 0 saturated carbocycles. The third-order valence-corrected chi connectivity index (χ3v) is 3.24. The summed E-state index contributed by atoms with van der Waals surface area (Å²) >= 11 is 0. The Kier molecular flexibility index (Phi) is 4.56. The van der Waals surface area contributed by atoms with Crippen molar-refractivity contribution in [3.05, 3.63) is 47.8 Å². The number of aromatic nitrogens is 2. The molecule has 2 rings (SSSR count). The van der Waals surface area contributed by atoms with Gasteiger partial charge in [0.1, 0.15) is 5.78 Å². The predicted octanol–water partition coefficient (Wildman–Crippen LogP) is 2.79. The second-order valence-electron chi connectivity index (χ2n) is 5.34. The van der Waals surface area contributed by atoms with Crippen molar-refractivity contribution in [3.63, 3.8) is 0 Å². The zero-order valence-corrected chi connectivity index (χ0v) is 12.0. The van der Waals surface area contributed by atoms with Gasteiger partial charge < -0.3 is 5.73 Å². The second kappa shape index (κ2) is 6.37. The minimum atomic E-state index is 0.218. The molecule has 0 unspecified atom stereocenters. The number of carbonyl (C=O) groups is 1. The molecule has 106 valence electrons. The van der Waals surface area contributed by atoms with Gasteiger partial charge in [-0.3, -0.25) is 9.48 Å². The highest BCUT2D eigenvalue weighted by Crippen LogP contribution is 2.10. The molecule has 0 fully saturated rings. The fourth-order valence-corrected chi connectivity index (χ4v) is 2.02. The molecule has 4 heteroatoms. The molecule has 1 aromatic carbocycles. The summed E-state index contributed by atoms with van der Waals surface area (Å²) in [5.74, 6) is 0.218. The summed E-state index contributed by atoms with van der Waals surface area (Å²) in [6.45, 7) is 4.14. The van der Waals surface area contributed by atoms with Crippen molar-refractivity contribution in [3.8, 4) is 0 Å². The van der Waals surface area contributed by atoms with Gasteiger partial charge in [-0.2, -0.15) is 5.10 Å². The van der Waals surface area contributed by atoms with Crippen molar-refractivity contribution in [2.75, 3.05) is 5.73 Å². The van der Waals surface area contributed by atoms with Crippen LogP contribution in [-0.2, 0) is 17.6 Å². The Morgan fingerprint density at radius 3 is 2.55 bits per heavy atom. The lowest BCUT2D eigenvalue weighted by Crippen LogP contribution is -2.07. The first-order valence-electron chi connectivity index (χ1n) is 6.95. The van der Waals surface area contributed by atoms with E-state index in [1.54, 1.807) is 0 Å². The molecule has 0 aliphatic heterocycles. The number of nitrogen functional groups attached to an aromatic ring is 1. The summed E-state index contributed by atoms with van der Waals surface area (Å²) in [6.07, 6.45) is 3.63. The summed E-state index contributed by atoms with van der Waals surface area (Å²) in [4.78, 5) is 12.0. The van der Waals surface area contributed by atoms with Crippen LogP contribution in [0, 0.1) is 0 Å². The molecule has 2 aromatic rings. The van der Waals surface area contributed by atoms with E-state index in [0.717, 1.165) is 23.4 Å². The fourth-order valence-electron chi connectivity index (χ4n) is 2.02. The van der Waals surface area contributed by atoms with Crippen LogP contribution in [-0.4, -0.2) is 15.6 Å². The first-order valence-corrected chi connectivity index (χ1v) is 6.95. The van der Waals surface area contributed by atoms with E-state index >= 15 is 0 Å². The lowest BCUT2D eigenvalue weighted by Gasteiger charge is -2.04. The Bertz CT molecular complexity index is 570. The van der Waals surface area contributed by atoms with Crippen LogP contribution in [0.3, 0.4) is 0 Å². The summed E-state index contributed by atoms with van der Waals surface area (Å²) in [5, 5.41) is 4.40. The third kappa shape index (κ3) is 3.95. The maximum absolute atomic E-state index is 12.0. The molecule has 0 radical (unpaired) electrons. The van der Waals surface area contributed by atoms with Crippen molar-refractivity contribution < 1.29 is 4.79 Å². The Labute approximate surface area is 119 Å². The van der Waals surface area contributed by atoms with E-state index in [1.807, 2.05) is 41.2 Å². The Morgan fingerprint density at radius 2 is 1.95 bits per heavy atom. The van der Waals surface area contributed by atoms with Gasteiger partial charge in [-0.05, 0) is 44.0 Å². The molecule has 1 aromatic heterocycles. The smallest absolute Gasteiger partial charge is 0.139 e. The summed E-state index contributed by atoms with van der Waals surface area (Å²) in [6, 6.07) is 9.91. The van der Waals surface area contributed by atoms with Crippen LogP contribution in [0.4, 0.5) is 5.69 Å². The first-order chi connectivity index (χ1) is 9.54. The topological polar surface area (TPSA) is 60.9 Å². The summed E-state index contributed by atoms with van der Waals surface area (Å²) < 4.78 is 1.88. The molecule has 1 heterocycles. The standard InChI is InChI=1S/C16H21N3O/c1-12(2)19-10-9-15(18-19)11-16(20)8-5-13-3-6-14(17)7-4-13/h3-4,6-7,9-10,12H,5,8,11,17H2,1-2H3. The van der Waals surface area contributed by atoms with Crippen molar-refractivity contribution in [1.29, 1.82) is 0 Å². The lowest BCUT2D eigenvalue weighted by atomic mass is 10.0. The number of aryl methyl sites for hydroxylation is 1. The van der Waals surface area contributed by atoms with Crippen LogP contribution in [0.15, 0.2) is 36.5 Å². The third-order valence-electron chi connectivity index (χ3n) is 3.24. The number of hydrogen-bond acceptors (Lipinski definition) is 3. The molecule has 0 spiro atoms. The Morgan fingerprint density at radius 1 is 1.25 bits per heavy atom. The highest BCUT2D eigenvalue weighted by Gasteiger charge is 2.08. The van der Waals surface area contributed by atoms with Crippen LogP contribution >= 0.6 is 0 Å². The number of benzene rings is 1. The van der Waals surface area contributed by atoms with Gasteiger partial charge in [0.2, 0.25) is 0 Å². The SMILES string of the molecule is CC(C)n1ccc(CC(=O)CCc2ccc(N)cc2)n1. The quantitative estimate of drug-likeness (QED) is 0.822. The van der Waals surface area contributed by atoms with E-state index in [4.69, 9.17) is 5.73 Å². The zero-order chi connectivity index (χ0) is 14.5. The van der Waals surface area contributed by atoms with E-state index < -0.39 is 0 Å². The van der Waals surface area contributed by atoms with Gasteiger partial charge in [0, 0.05) is 24.3 Å². The van der Waals surface area contributed by atoms with Gasteiger partial charge in [0.05, 0.1) is 12.1 Å². The van der Waals surface area contributed by atoms with Crippen LogP contribution in [0.1, 0.15) is 37.6 Å². The largest absolute Gasteiger partial charge is 0.399 e.